The van der Waals surface area contributed by atoms with Gasteiger partial charge in [0, 0.05) is 50.5 Å². The number of nitrogens with zero attached hydrogens (tertiary/aromatic N) is 5. The number of piperazine rings is 1. The molecule has 0 aliphatic carbocycles. The maximum Gasteiger partial charge on any atom is 0.323 e. The van der Waals surface area contributed by atoms with Crippen LogP contribution in [-0.4, -0.2) is 57.1 Å². The molecule has 0 atom stereocenters. The summed E-state index contributed by atoms with van der Waals surface area (Å²) in [5.41, 5.74) is 2.51. The molecule has 1 fully saturated rings. The second kappa shape index (κ2) is 9.63. The van der Waals surface area contributed by atoms with Crippen LogP contribution in [0.5, 0.6) is 11.5 Å². The van der Waals surface area contributed by atoms with E-state index in [1.54, 1.807) is 23.4 Å². The highest BCUT2D eigenvalue weighted by Gasteiger charge is 2.23. The van der Waals surface area contributed by atoms with Crippen LogP contribution in [0, 0.1) is 0 Å². The van der Waals surface area contributed by atoms with Gasteiger partial charge in [0.05, 0.1) is 10.9 Å². The van der Waals surface area contributed by atoms with Crippen molar-refractivity contribution in [3.8, 4) is 11.5 Å². The van der Waals surface area contributed by atoms with E-state index in [1.165, 1.54) is 0 Å². The normalized spacial score (nSPS) is 14.3. The quantitative estimate of drug-likeness (QED) is 0.382. The minimum Gasteiger partial charge on any atom is -0.457 e. The molecule has 4 heterocycles. The Balaban J connectivity index is 1.04. The minimum absolute atomic E-state index is 0.185. The fourth-order valence-corrected chi connectivity index (χ4v) is 4.38. The van der Waals surface area contributed by atoms with Crippen LogP contribution < -0.4 is 10.1 Å². The lowest BCUT2D eigenvalue weighted by molar-refractivity contribution is 0.143. The molecule has 9 nitrogen and oxygen atoms in total. The fraction of sp³-hybridized carbons (Fsp3) is 0.185. The number of ether oxygens (including phenoxy) is 1. The van der Waals surface area contributed by atoms with Gasteiger partial charge >= 0.3 is 6.03 Å². The van der Waals surface area contributed by atoms with E-state index in [0.717, 1.165) is 47.6 Å². The first-order chi connectivity index (χ1) is 17.7. The van der Waals surface area contributed by atoms with Crippen molar-refractivity contribution in [3.05, 3.63) is 84.7 Å². The van der Waals surface area contributed by atoms with Gasteiger partial charge in [-0.15, -0.1) is 0 Å². The SMILES string of the molecule is O=C(Nc1noc2ncccc12)N1CCN(Cc2cccc(Oc3ccc4ncccc4c3)c2)CC1. The Labute approximate surface area is 207 Å². The molecule has 0 bridgehead atoms. The Kier molecular flexibility index (Phi) is 5.88. The van der Waals surface area contributed by atoms with Crippen molar-refractivity contribution >= 4 is 33.9 Å². The molecule has 5 aromatic rings. The lowest BCUT2D eigenvalue weighted by atomic mass is 10.2. The maximum atomic E-state index is 12.7. The molecule has 3 aromatic heterocycles. The van der Waals surface area contributed by atoms with Gasteiger partial charge in [0.15, 0.2) is 5.82 Å². The number of aromatic nitrogens is 3. The average molecular weight is 481 g/mol. The molecule has 180 valence electrons. The number of urea groups is 1. The highest BCUT2D eigenvalue weighted by atomic mass is 16.5. The Bertz CT molecular complexity index is 1530. The molecule has 2 aromatic carbocycles. The largest absolute Gasteiger partial charge is 0.457 e. The molecule has 1 N–H and O–H groups in total. The summed E-state index contributed by atoms with van der Waals surface area (Å²) in [7, 11) is 0. The predicted molar refractivity (Wildman–Crippen MR) is 136 cm³/mol. The molecule has 2 amide bonds. The molecular formula is C27H24N6O3. The zero-order valence-corrected chi connectivity index (χ0v) is 19.5. The monoisotopic (exact) mass is 480 g/mol. The van der Waals surface area contributed by atoms with Gasteiger partial charge < -0.3 is 14.2 Å². The van der Waals surface area contributed by atoms with Crippen LogP contribution in [0.25, 0.3) is 22.0 Å². The third kappa shape index (κ3) is 4.69. The third-order valence-corrected chi connectivity index (χ3v) is 6.25. The second-order valence-electron chi connectivity index (χ2n) is 8.69. The van der Waals surface area contributed by atoms with Crippen LogP contribution >= 0.6 is 0 Å². The summed E-state index contributed by atoms with van der Waals surface area (Å²) in [5.74, 6) is 1.97. The highest BCUT2D eigenvalue weighted by molar-refractivity contribution is 5.97. The van der Waals surface area contributed by atoms with Crippen molar-refractivity contribution in [2.45, 2.75) is 6.54 Å². The van der Waals surface area contributed by atoms with E-state index in [9.17, 15) is 4.79 Å². The molecule has 0 unspecified atom stereocenters. The highest BCUT2D eigenvalue weighted by Crippen LogP contribution is 2.26. The number of carbonyl (C=O) groups excluding carboxylic acids is 1. The maximum absolute atomic E-state index is 12.7. The van der Waals surface area contributed by atoms with Crippen LogP contribution in [0.15, 0.2) is 83.6 Å². The molecule has 0 spiro atoms. The average Bonchev–Trinajstić information content (AvgIpc) is 3.32. The number of fused-ring (bicyclic) bond motifs is 2. The van der Waals surface area contributed by atoms with E-state index in [2.05, 4.69) is 37.5 Å². The molecule has 9 heteroatoms. The van der Waals surface area contributed by atoms with E-state index >= 15 is 0 Å². The van der Waals surface area contributed by atoms with E-state index in [-0.39, 0.29) is 6.03 Å². The van der Waals surface area contributed by atoms with Crippen molar-refractivity contribution in [2.24, 2.45) is 0 Å². The van der Waals surface area contributed by atoms with Crippen LogP contribution in [0.2, 0.25) is 0 Å². The standard InChI is InChI=1S/C27H24N6O3/c34-27(30-25-23-7-3-11-29-26(23)36-31-25)33-14-12-32(13-15-33)18-19-4-1-6-21(16-19)35-22-8-9-24-20(17-22)5-2-10-28-24/h1-11,16-17H,12-15,18H2,(H,30,31,34). The molecule has 1 aliphatic heterocycles. The summed E-state index contributed by atoms with van der Waals surface area (Å²) in [5, 5.41) is 8.51. The van der Waals surface area contributed by atoms with Crippen LogP contribution in [0.3, 0.4) is 0 Å². The van der Waals surface area contributed by atoms with E-state index in [4.69, 9.17) is 9.26 Å². The molecule has 0 radical (unpaired) electrons. The number of hydrogen-bond acceptors (Lipinski definition) is 7. The number of anilines is 1. The molecule has 6 rings (SSSR count). The Hall–Kier alpha value is -4.50. The zero-order chi connectivity index (χ0) is 24.3. The van der Waals surface area contributed by atoms with Gasteiger partial charge in [0.2, 0.25) is 0 Å². The van der Waals surface area contributed by atoms with Crippen LogP contribution in [0.1, 0.15) is 5.56 Å². The summed E-state index contributed by atoms with van der Waals surface area (Å²) in [4.78, 5) is 25.3. The van der Waals surface area contributed by atoms with E-state index < -0.39 is 0 Å². The van der Waals surface area contributed by atoms with Crippen LogP contribution in [-0.2, 0) is 6.54 Å². The topological polar surface area (TPSA) is 96.6 Å². The third-order valence-electron chi connectivity index (χ3n) is 6.25. The van der Waals surface area contributed by atoms with Gasteiger partial charge in [0.25, 0.3) is 5.71 Å². The number of amides is 2. The molecule has 36 heavy (non-hydrogen) atoms. The number of hydrogen-bond donors (Lipinski definition) is 1. The minimum atomic E-state index is -0.185. The lowest BCUT2D eigenvalue weighted by Crippen LogP contribution is -2.49. The van der Waals surface area contributed by atoms with Gasteiger partial charge in [-0.2, -0.15) is 0 Å². The Morgan fingerprint density at radius 2 is 1.75 bits per heavy atom. The van der Waals surface area contributed by atoms with Gasteiger partial charge in [-0.3, -0.25) is 15.2 Å². The second-order valence-corrected chi connectivity index (χ2v) is 8.69. The van der Waals surface area contributed by atoms with Gasteiger partial charge in [-0.1, -0.05) is 23.4 Å². The first-order valence-electron chi connectivity index (χ1n) is 11.8. The summed E-state index contributed by atoms with van der Waals surface area (Å²) < 4.78 is 11.3. The Morgan fingerprint density at radius 3 is 2.67 bits per heavy atom. The van der Waals surface area contributed by atoms with Crippen molar-refractivity contribution in [1.29, 1.82) is 0 Å². The molecule has 1 aliphatic rings. The number of nitrogens with one attached hydrogen (secondary N) is 1. The van der Waals surface area contributed by atoms with Crippen LogP contribution in [0.4, 0.5) is 10.6 Å². The summed E-state index contributed by atoms with van der Waals surface area (Å²) in [6.45, 7) is 3.59. The van der Waals surface area contributed by atoms with Crippen molar-refractivity contribution in [1.82, 2.24) is 24.9 Å². The lowest BCUT2D eigenvalue weighted by Gasteiger charge is -2.34. The first-order valence-corrected chi connectivity index (χ1v) is 11.8. The number of rotatable bonds is 5. The molecule has 0 saturated carbocycles. The van der Waals surface area contributed by atoms with Crippen molar-refractivity contribution in [2.75, 3.05) is 31.5 Å². The fourth-order valence-electron chi connectivity index (χ4n) is 4.38. The molecular weight excluding hydrogens is 456 g/mol. The van der Waals surface area contributed by atoms with Crippen molar-refractivity contribution in [3.63, 3.8) is 0 Å². The van der Waals surface area contributed by atoms with E-state index in [1.807, 2.05) is 48.5 Å². The smallest absolute Gasteiger partial charge is 0.323 e. The zero-order valence-electron chi connectivity index (χ0n) is 19.5. The van der Waals surface area contributed by atoms with E-state index in [0.29, 0.717) is 30.0 Å². The molecule has 1 saturated heterocycles. The van der Waals surface area contributed by atoms with Gasteiger partial charge in [0.1, 0.15) is 11.5 Å². The predicted octanol–water partition coefficient (Wildman–Crippen LogP) is 4.91. The van der Waals surface area contributed by atoms with Crippen molar-refractivity contribution < 1.29 is 14.1 Å². The van der Waals surface area contributed by atoms with Gasteiger partial charge in [-0.25, -0.2) is 9.78 Å². The number of carbonyl (C=O) groups is 1. The van der Waals surface area contributed by atoms with Gasteiger partial charge in [-0.05, 0) is 54.1 Å². The summed E-state index contributed by atoms with van der Waals surface area (Å²) in [6.07, 6.45) is 3.41. The number of pyridine rings is 2. The summed E-state index contributed by atoms with van der Waals surface area (Å²) >= 11 is 0. The summed E-state index contributed by atoms with van der Waals surface area (Å²) in [6, 6.07) is 21.4. The Morgan fingerprint density at radius 1 is 0.917 bits per heavy atom. The first kappa shape index (κ1) is 22.0. The number of benzene rings is 2.